The maximum atomic E-state index is 12.1. The van der Waals surface area contributed by atoms with Crippen LogP contribution < -0.4 is 15.2 Å². The van der Waals surface area contributed by atoms with Gasteiger partial charge in [-0.2, -0.15) is 0 Å². The SMILES string of the molecule is C=C1c2ccccc2CCc2scnc21.COC(=O)C(=O)C(Cl)CCc1ccccc1.COC(=O)c1nc(N)sc1CCc1ccccc1.COC(=O)c1ncsc1CCc1ccccc1.CS(=O)(=O)Nc1cccc(/C=C2/c3ccccc3CCc3scnc32)c1.CS(=O)(=O)Nc1cccc(/C=C2\c3ccccc3CCc3scnc32)c1.O=C1c2ccccc2CCc2scnc21.O=CCCc1ccccc1. The number of hydrogen-bond donors (Lipinski definition) is 3. The zero-order valence-electron chi connectivity index (χ0n) is 79.3. The maximum absolute atomic E-state index is 12.1. The van der Waals surface area contributed by atoms with E-state index in [9.17, 15) is 45.6 Å². The number of nitrogen functional groups attached to an aromatic ring is 1. The highest BCUT2D eigenvalue weighted by atomic mass is 35.5. The summed E-state index contributed by atoms with van der Waals surface area (Å²) in [4.78, 5) is 100. The van der Waals surface area contributed by atoms with Gasteiger partial charge in [-0.15, -0.1) is 79.6 Å². The molecule has 0 saturated carbocycles. The zero-order chi connectivity index (χ0) is 101. The number of anilines is 3. The lowest BCUT2D eigenvalue weighted by Gasteiger charge is -2.10. The van der Waals surface area contributed by atoms with E-state index < -0.39 is 43.1 Å². The van der Waals surface area contributed by atoms with Crippen molar-refractivity contribution in [2.45, 2.75) is 108 Å². The maximum Gasteiger partial charge on any atom is 0.375 e. The molecule has 4 aliphatic rings. The second kappa shape index (κ2) is 53.3. The summed E-state index contributed by atoms with van der Waals surface area (Å²) < 4.78 is 64.8. The zero-order valence-corrected chi connectivity index (χ0v) is 86.6. The first-order chi connectivity index (χ1) is 69.3. The highest BCUT2D eigenvalue weighted by Gasteiger charge is 2.28. The van der Waals surface area contributed by atoms with E-state index in [-0.39, 0.29) is 11.8 Å². The third-order valence-electron chi connectivity index (χ3n) is 23.0. The fourth-order valence-corrected chi connectivity index (χ4v) is 22.1. The third-order valence-corrected chi connectivity index (χ3v) is 30.0. The molecular weight excluding hydrogens is 1970 g/mol. The van der Waals surface area contributed by atoms with E-state index in [4.69, 9.17) is 26.8 Å². The van der Waals surface area contributed by atoms with Crippen LogP contribution in [0.1, 0.15) is 169 Å². The number of alkyl halides is 1. The minimum atomic E-state index is -3.30. The van der Waals surface area contributed by atoms with Gasteiger partial charge in [-0.05, 0) is 205 Å². The van der Waals surface area contributed by atoms with Crippen LogP contribution in [0.2, 0.25) is 0 Å². The van der Waals surface area contributed by atoms with E-state index in [1.165, 1.54) is 109 Å². The van der Waals surface area contributed by atoms with Gasteiger partial charge in [-0.25, -0.2) is 61.1 Å². The summed E-state index contributed by atoms with van der Waals surface area (Å²) in [6, 6.07) is 87.9. The van der Waals surface area contributed by atoms with Gasteiger partial charge >= 0.3 is 17.9 Å². The number of halogens is 1. The van der Waals surface area contributed by atoms with Crippen molar-refractivity contribution >= 4 is 181 Å². The monoisotopic (exact) mass is 2080 g/mol. The van der Waals surface area contributed by atoms with Crippen molar-refractivity contribution in [1.29, 1.82) is 0 Å². The number of nitrogens with one attached hydrogen (secondary N) is 2. The topological polar surface area (TPSA) is 326 Å². The lowest BCUT2D eigenvalue weighted by molar-refractivity contribution is -0.151. The number of ether oxygens (including phenoxy) is 3. The molecule has 0 radical (unpaired) electrons. The number of hydrogen-bond acceptors (Lipinski definition) is 26. The van der Waals surface area contributed by atoms with Crippen LogP contribution in [0.25, 0.3) is 28.9 Å². The Bertz CT molecular complexity index is 7070. The van der Waals surface area contributed by atoms with Crippen molar-refractivity contribution in [3.63, 3.8) is 0 Å². The average molecular weight is 2080 g/mol. The molecule has 10 aromatic carbocycles. The number of methoxy groups -OCH3 is 3. The number of fused-ring (bicyclic) bond motifs is 8. The van der Waals surface area contributed by atoms with E-state index in [1.54, 1.807) is 68.5 Å². The van der Waals surface area contributed by atoms with E-state index in [2.05, 4.69) is 148 Å². The quantitative estimate of drug-likeness (QED) is 0.0187. The summed E-state index contributed by atoms with van der Waals surface area (Å²) in [5.74, 6) is -2.26. The number of benzene rings is 10. The fraction of sp³-hybridized carbons (Fsp3) is 0.196. The number of nitrogens with zero attached hydrogens (tertiary/aromatic N) is 6. The van der Waals surface area contributed by atoms with Gasteiger partial charge in [0.05, 0.1) is 78.5 Å². The van der Waals surface area contributed by atoms with Crippen molar-refractivity contribution in [3.05, 3.63) is 442 Å². The first kappa shape index (κ1) is 107. The number of aryl methyl sites for hydroxylation is 14. The number of aromatic nitrogens is 6. The van der Waals surface area contributed by atoms with Crippen LogP contribution in [0.3, 0.4) is 0 Å². The molecule has 16 aromatic rings. The minimum absolute atomic E-state index is 0.0827. The Morgan fingerprint density at radius 1 is 0.420 bits per heavy atom. The molecule has 6 heterocycles. The Hall–Kier alpha value is -13.8. The first-order valence-electron chi connectivity index (χ1n) is 45.9. The summed E-state index contributed by atoms with van der Waals surface area (Å²) in [5, 5.41) is -0.411. The predicted molar refractivity (Wildman–Crippen MR) is 580 cm³/mol. The van der Waals surface area contributed by atoms with Gasteiger partial charge in [0, 0.05) is 69.3 Å². The van der Waals surface area contributed by atoms with E-state index in [0.29, 0.717) is 52.9 Å². The van der Waals surface area contributed by atoms with Crippen molar-refractivity contribution in [2.75, 3.05) is 49.0 Å². The molecule has 732 valence electrons. The first-order valence-corrected chi connectivity index (χ1v) is 55.3. The fourth-order valence-electron chi connectivity index (χ4n) is 16.1. The number of nitrogens with two attached hydrogens (primary N) is 1. The third kappa shape index (κ3) is 31.4. The molecule has 0 aliphatic heterocycles. The largest absolute Gasteiger partial charge is 0.464 e. The van der Waals surface area contributed by atoms with Gasteiger partial charge in [-0.3, -0.25) is 19.0 Å². The molecule has 20 rings (SSSR count). The van der Waals surface area contributed by atoms with Crippen molar-refractivity contribution in [3.8, 4) is 0 Å². The molecule has 31 heteroatoms. The number of aldehydes is 1. The average Bonchev–Trinajstić information content (AvgIpc) is 1.67. The second-order valence-electron chi connectivity index (χ2n) is 33.0. The molecule has 4 aliphatic carbocycles. The number of sulfonamides is 2. The van der Waals surface area contributed by atoms with Gasteiger partial charge in [0.15, 0.2) is 16.5 Å². The Kier molecular flexibility index (Phi) is 39.7. The molecule has 0 bridgehead atoms. The summed E-state index contributed by atoms with van der Waals surface area (Å²) in [6.07, 6.45) is 21.4. The summed E-state index contributed by atoms with van der Waals surface area (Å²) in [6.45, 7) is 4.17. The number of thiazole rings is 6. The van der Waals surface area contributed by atoms with Crippen molar-refractivity contribution in [2.24, 2.45) is 0 Å². The molecule has 0 saturated heterocycles. The lowest BCUT2D eigenvalue weighted by atomic mass is 9.96. The lowest BCUT2D eigenvalue weighted by Crippen LogP contribution is -2.25. The summed E-state index contributed by atoms with van der Waals surface area (Å²) in [5.41, 5.74) is 40.1. The Morgan fingerprint density at radius 2 is 0.790 bits per heavy atom. The van der Waals surface area contributed by atoms with E-state index >= 15 is 0 Å². The van der Waals surface area contributed by atoms with Gasteiger partial charge in [0.2, 0.25) is 25.8 Å². The van der Waals surface area contributed by atoms with E-state index in [1.807, 2.05) is 186 Å². The smallest absolute Gasteiger partial charge is 0.375 e. The van der Waals surface area contributed by atoms with Crippen LogP contribution in [0, 0.1) is 0 Å². The minimum Gasteiger partial charge on any atom is -0.464 e. The number of ketones is 2. The summed E-state index contributed by atoms with van der Waals surface area (Å²) in [7, 11) is -2.71. The van der Waals surface area contributed by atoms with Crippen LogP contribution in [0.15, 0.2) is 301 Å². The normalized spacial score (nSPS) is 13.0. The Labute approximate surface area is 862 Å². The molecule has 1 atom stereocenters. The van der Waals surface area contributed by atoms with Crippen LogP contribution >= 0.6 is 79.6 Å². The molecular formula is C112H106ClN9O13S8. The number of rotatable bonds is 22. The standard InChI is InChI=1S/2C20H18N2O2S2.C13H14N2O2S.C13H13NO2S.C13H11NS.C12H13ClO3.C12H9NOS.C9H10O/c2*1-26(23,24)22-16-7-4-5-14(11-16)12-18-17-8-3-2-6-15(17)9-10-19-20(18)21-13-25-19;1-17-12(16)11-10(18-13(14)15-11)8-7-9-5-3-2-4-6-9;1-16-13(15)12-11(17-9-14-12)8-7-10-5-3-2-4-6-10;1-9-11-5-3-2-4-10(11)6-7-12-13(9)14-8-15-12;1-16-12(15)11(14)10(13)8-7-9-5-3-2-4-6-9;14-12-9-4-2-1-3-8(9)5-6-10-11(12)13-7-15-10;10-8-4-7-9-5-2-1-3-6-9/h2*2-8,11-13,22H,9-10H2,1H3;2-6H,7-8H2,1H3,(H2,14,15);2-6,9H,7-8H2,1H3;2-5,8H,1,6-7H2;2-6,10H,7-8H2,1H3;1-4,7H,5-6H2;1-3,5-6,8H,4,7H2/b18-12+;18-12-;;;;;;. The molecule has 22 nitrogen and oxygen atoms in total. The molecule has 0 spiro atoms. The molecule has 4 N–H and O–H groups in total. The molecule has 0 amide bonds. The van der Waals surface area contributed by atoms with Crippen LogP contribution in [0.5, 0.6) is 0 Å². The van der Waals surface area contributed by atoms with Crippen molar-refractivity contribution < 1.29 is 59.8 Å². The van der Waals surface area contributed by atoms with Gasteiger partial charge in [0.25, 0.3) is 5.78 Å². The van der Waals surface area contributed by atoms with Crippen LogP contribution in [-0.4, -0.2) is 122 Å². The van der Waals surface area contributed by atoms with Gasteiger partial charge < -0.3 is 24.7 Å². The Morgan fingerprint density at radius 3 is 1.24 bits per heavy atom. The number of carbonyl (C=O) groups excluding carboxylic acids is 6. The van der Waals surface area contributed by atoms with Crippen molar-refractivity contribution in [1.82, 2.24) is 29.9 Å². The highest BCUT2D eigenvalue weighted by molar-refractivity contribution is 7.92. The predicted octanol–water partition coefficient (Wildman–Crippen LogP) is 23.0. The number of Topliss-reactive ketones (excluding diaryl/α,β-unsaturated/α-hetero) is 1. The second-order valence-corrected chi connectivity index (χ2v) is 42.8. The van der Waals surface area contributed by atoms with Crippen LogP contribution in [0.4, 0.5) is 16.5 Å². The highest BCUT2D eigenvalue weighted by Crippen LogP contribution is 2.40. The van der Waals surface area contributed by atoms with Crippen LogP contribution in [-0.2, 0) is 139 Å². The molecule has 143 heavy (non-hydrogen) atoms. The van der Waals surface area contributed by atoms with Gasteiger partial charge in [0.1, 0.15) is 17.4 Å². The summed E-state index contributed by atoms with van der Waals surface area (Å²) >= 11 is 15.4. The number of esters is 3. The van der Waals surface area contributed by atoms with E-state index in [0.717, 1.165) is 179 Å². The molecule has 1 unspecified atom stereocenters. The molecule has 6 aromatic heterocycles. The van der Waals surface area contributed by atoms with Gasteiger partial charge in [-0.1, -0.05) is 249 Å². The molecule has 0 fully saturated rings. The Balaban J connectivity index is 0.000000139. The number of carbonyl (C=O) groups is 6.